The molecule has 1 N–H and O–H groups in total. The van der Waals surface area contributed by atoms with Crippen LogP contribution < -0.4 is 5.32 Å². The van der Waals surface area contributed by atoms with E-state index in [1.54, 1.807) is 11.3 Å². The highest BCUT2D eigenvalue weighted by molar-refractivity contribution is 7.19. The minimum Gasteiger partial charge on any atom is -0.350 e. The number of hydrogen-bond donors (Lipinski definition) is 1. The Morgan fingerprint density at radius 3 is 2.88 bits per heavy atom. The summed E-state index contributed by atoms with van der Waals surface area (Å²) in [6.45, 7) is 2.65. The van der Waals surface area contributed by atoms with Gasteiger partial charge in [-0.1, -0.05) is 18.2 Å². The number of carbonyl (C=O) groups excluding carboxylic acids is 1. The lowest BCUT2D eigenvalue weighted by molar-refractivity contribution is -0.118. The highest BCUT2D eigenvalue weighted by Gasteiger charge is 2.08. The summed E-state index contributed by atoms with van der Waals surface area (Å²) in [6, 6.07) is 8.26. The standard InChI is InChI=1S/C12H12ClNOS/c1-8-9-4-2-3-5-10(9)16-11(8)7-14-12(15)6-13/h2-5H,6-7H2,1H3,(H,14,15). The fourth-order valence-corrected chi connectivity index (χ4v) is 2.86. The molecule has 0 aliphatic rings. The van der Waals surface area contributed by atoms with Crippen LogP contribution in [0.5, 0.6) is 0 Å². The second-order valence-electron chi connectivity index (χ2n) is 3.56. The maximum Gasteiger partial charge on any atom is 0.235 e. The first-order valence-corrected chi connectivity index (χ1v) is 6.37. The maximum atomic E-state index is 11.1. The number of fused-ring (bicyclic) bond motifs is 1. The molecule has 2 rings (SSSR count). The first-order chi connectivity index (χ1) is 7.72. The van der Waals surface area contributed by atoms with Crippen LogP contribution >= 0.6 is 22.9 Å². The van der Waals surface area contributed by atoms with Crippen LogP contribution in [0.15, 0.2) is 24.3 Å². The third kappa shape index (κ3) is 2.20. The lowest BCUT2D eigenvalue weighted by Crippen LogP contribution is -2.23. The van der Waals surface area contributed by atoms with Gasteiger partial charge >= 0.3 is 0 Å². The Labute approximate surface area is 103 Å². The molecule has 0 aliphatic carbocycles. The van der Waals surface area contributed by atoms with Gasteiger partial charge in [0.1, 0.15) is 5.88 Å². The van der Waals surface area contributed by atoms with E-state index in [0.29, 0.717) is 6.54 Å². The first-order valence-electron chi connectivity index (χ1n) is 5.02. The molecule has 0 fully saturated rings. The monoisotopic (exact) mass is 253 g/mol. The van der Waals surface area contributed by atoms with Gasteiger partial charge in [0, 0.05) is 9.58 Å². The highest BCUT2D eigenvalue weighted by Crippen LogP contribution is 2.30. The molecule has 0 unspecified atom stereocenters. The Hall–Kier alpha value is -1.06. The summed E-state index contributed by atoms with van der Waals surface area (Å²) in [4.78, 5) is 12.3. The van der Waals surface area contributed by atoms with E-state index in [1.807, 2.05) is 12.1 Å². The van der Waals surface area contributed by atoms with Gasteiger partial charge in [-0.25, -0.2) is 0 Å². The average molecular weight is 254 g/mol. The Kier molecular flexibility index (Phi) is 3.46. The second kappa shape index (κ2) is 4.85. The van der Waals surface area contributed by atoms with Crippen molar-refractivity contribution in [3.8, 4) is 0 Å². The van der Waals surface area contributed by atoms with Crippen molar-refractivity contribution >= 4 is 38.9 Å². The molecule has 1 aromatic carbocycles. The summed E-state index contributed by atoms with van der Waals surface area (Å²) in [6.07, 6.45) is 0. The molecular formula is C12H12ClNOS. The van der Waals surface area contributed by atoms with E-state index in [4.69, 9.17) is 11.6 Å². The van der Waals surface area contributed by atoms with Crippen molar-refractivity contribution in [1.82, 2.24) is 5.32 Å². The van der Waals surface area contributed by atoms with Crippen LogP contribution in [0.4, 0.5) is 0 Å². The van der Waals surface area contributed by atoms with Crippen LogP contribution in [0.2, 0.25) is 0 Å². The molecule has 1 amide bonds. The van der Waals surface area contributed by atoms with Crippen molar-refractivity contribution < 1.29 is 4.79 Å². The largest absolute Gasteiger partial charge is 0.350 e. The number of alkyl halides is 1. The van der Waals surface area contributed by atoms with E-state index < -0.39 is 0 Å². The predicted octanol–water partition coefficient (Wildman–Crippen LogP) is 3.06. The van der Waals surface area contributed by atoms with E-state index in [1.165, 1.54) is 20.5 Å². The number of aryl methyl sites for hydroxylation is 1. The van der Waals surface area contributed by atoms with E-state index in [2.05, 4.69) is 24.4 Å². The van der Waals surface area contributed by atoms with Crippen molar-refractivity contribution in [3.05, 3.63) is 34.7 Å². The number of nitrogens with one attached hydrogen (secondary N) is 1. The number of rotatable bonds is 3. The van der Waals surface area contributed by atoms with Crippen LogP contribution in [0, 0.1) is 6.92 Å². The van der Waals surface area contributed by atoms with Crippen LogP contribution in [-0.2, 0) is 11.3 Å². The smallest absolute Gasteiger partial charge is 0.235 e. The fraction of sp³-hybridized carbons (Fsp3) is 0.250. The third-order valence-electron chi connectivity index (χ3n) is 2.51. The minimum absolute atomic E-state index is 0.0178. The minimum atomic E-state index is -0.126. The van der Waals surface area contributed by atoms with Gasteiger partial charge in [0.05, 0.1) is 6.54 Å². The highest BCUT2D eigenvalue weighted by atomic mass is 35.5. The Morgan fingerprint density at radius 2 is 2.19 bits per heavy atom. The van der Waals surface area contributed by atoms with Gasteiger partial charge in [-0.2, -0.15) is 0 Å². The van der Waals surface area contributed by atoms with Crippen LogP contribution in [-0.4, -0.2) is 11.8 Å². The average Bonchev–Trinajstić information content (AvgIpc) is 2.64. The molecule has 84 valence electrons. The van der Waals surface area contributed by atoms with E-state index >= 15 is 0 Å². The van der Waals surface area contributed by atoms with Crippen LogP contribution in [0.3, 0.4) is 0 Å². The fourth-order valence-electron chi connectivity index (χ4n) is 1.62. The number of thiophene rings is 1. The quantitative estimate of drug-likeness (QED) is 0.837. The van der Waals surface area contributed by atoms with Crippen molar-refractivity contribution in [3.63, 3.8) is 0 Å². The summed E-state index contributed by atoms with van der Waals surface area (Å²) in [7, 11) is 0. The Morgan fingerprint density at radius 1 is 1.44 bits per heavy atom. The Bertz CT molecular complexity index is 521. The normalized spacial score (nSPS) is 10.6. The van der Waals surface area contributed by atoms with Crippen molar-refractivity contribution in [1.29, 1.82) is 0 Å². The van der Waals surface area contributed by atoms with Crippen molar-refractivity contribution in [2.24, 2.45) is 0 Å². The van der Waals surface area contributed by atoms with Crippen molar-refractivity contribution in [2.45, 2.75) is 13.5 Å². The summed E-state index contributed by atoms with van der Waals surface area (Å²) in [5.41, 5.74) is 1.25. The number of amides is 1. The zero-order valence-electron chi connectivity index (χ0n) is 8.92. The molecule has 16 heavy (non-hydrogen) atoms. The van der Waals surface area contributed by atoms with E-state index in [-0.39, 0.29) is 11.8 Å². The molecule has 1 heterocycles. The molecule has 0 saturated carbocycles. The van der Waals surface area contributed by atoms with Crippen LogP contribution in [0.1, 0.15) is 10.4 Å². The van der Waals surface area contributed by atoms with Crippen molar-refractivity contribution in [2.75, 3.05) is 5.88 Å². The summed E-state index contributed by atoms with van der Waals surface area (Å²) < 4.78 is 1.26. The molecule has 0 saturated heterocycles. The third-order valence-corrected chi connectivity index (χ3v) is 4.03. The molecule has 0 aliphatic heterocycles. The number of hydrogen-bond acceptors (Lipinski definition) is 2. The molecule has 0 atom stereocenters. The lowest BCUT2D eigenvalue weighted by Gasteiger charge is -2.01. The lowest BCUT2D eigenvalue weighted by atomic mass is 10.1. The zero-order valence-corrected chi connectivity index (χ0v) is 10.5. The van der Waals surface area contributed by atoms with Gasteiger partial charge < -0.3 is 5.32 Å². The molecule has 4 heteroatoms. The molecule has 0 spiro atoms. The summed E-state index contributed by atoms with van der Waals surface area (Å²) >= 11 is 7.15. The maximum absolute atomic E-state index is 11.1. The van der Waals surface area contributed by atoms with E-state index in [9.17, 15) is 4.79 Å². The molecular weight excluding hydrogens is 242 g/mol. The van der Waals surface area contributed by atoms with Crippen LogP contribution in [0.25, 0.3) is 10.1 Å². The van der Waals surface area contributed by atoms with E-state index in [0.717, 1.165) is 0 Å². The van der Waals surface area contributed by atoms with Gasteiger partial charge in [0.2, 0.25) is 5.91 Å². The predicted molar refractivity (Wildman–Crippen MR) is 69.1 cm³/mol. The summed E-state index contributed by atoms with van der Waals surface area (Å²) in [5.74, 6) is -0.109. The molecule has 2 nitrogen and oxygen atoms in total. The number of halogens is 1. The van der Waals surface area contributed by atoms with Gasteiger partial charge in [-0.3, -0.25) is 4.79 Å². The molecule has 0 radical (unpaired) electrons. The molecule has 0 bridgehead atoms. The molecule has 1 aromatic heterocycles. The summed E-state index contributed by atoms with van der Waals surface area (Å²) in [5, 5.41) is 4.06. The second-order valence-corrected chi connectivity index (χ2v) is 4.96. The van der Waals surface area contributed by atoms with Gasteiger partial charge in [-0.15, -0.1) is 22.9 Å². The number of benzene rings is 1. The SMILES string of the molecule is Cc1c(CNC(=O)CCl)sc2ccccc12. The topological polar surface area (TPSA) is 29.1 Å². The Balaban J connectivity index is 2.24. The van der Waals surface area contributed by atoms with Gasteiger partial charge in [0.15, 0.2) is 0 Å². The molecule has 2 aromatic rings. The first kappa shape index (κ1) is 11.4. The van der Waals surface area contributed by atoms with Gasteiger partial charge in [0.25, 0.3) is 0 Å². The number of carbonyl (C=O) groups is 1. The zero-order chi connectivity index (χ0) is 11.5. The van der Waals surface area contributed by atoms with Gasteiger partial charge in [-0.05, 0) is 23.9 Å².